The van der Waals surface area contributed by atoms with Crippen LogP contribution in [0.4, 0.5) is 0 Å². The van der Waals surface area contributed by atoms with Crippen molar-refractivity contribution in [3.8, 4) is 0 Å². The summed E-state index contributed by atoms with van der Waals surface area (Å²) in [5.74, 6) is 1.26. The van der Waals surface area contributed by atoms with Crippen LogP contribution in [0.15, 0.2) is 0 Å². The van der Waals surface area contributed by atoms with Crippen molar-refractivity contribution in [2.45, 2.75) is 31.7 Å². The molecule has 0 bridgehead atoms. The number of rotatable bonds is 1. The first-order chi connectivity index (χ1) is 8.63. The lowest BCUT2D eigenvalue weighted by molar-refractivity contribution is -0.135. The smallest absolute Gasteiger partial charge is 0.228 e. The number of nitrogens with two attached hydrogens (primary N) is 1. The van der Waals surface area contributed by atoms with Crippen molar-refractivity contribution in [1.29, 1.82) is 0 Å². The Labute approximate surface area is 107 Å². The maximum absolute atomic E-state index is 12.3. The highest BCUT2D eigenvalue weighted by molar-refractivity contribution is 5.89. The molecule has 5 nitrogen and oxygen atoms in total. The summed E-state index contributed by atoms with van der Waals surface area (Å²) in [5, 5.41) is 2.74. The highest BCUT2D eigenvalue weighted by Gasteiger charge is 2.41. The van der Waals surface area contributed by atoms with Gasteiger partial charge in [-0.1, -0.05) is 0 Å². The van der Waals surface area contributed by atoms with E-state index in [-0.39, 0.29) is 17.7 Å². The summed E-state index contributed by atoms with van der Waals surface area (Å²) in [4.78, 5) is 25.5. The molecule has 2 saturated heterocycles. The average Bonchev–Trinajstić information content (AvgIpc) is 2.93. The summed E-state index contributed by atoms with van der Waals surface area (Å²) < 4.78 is 0. The fourth-order valence-electron chi connectivity index (χ4n) is 3.69. The van der Waals surface area contributed by atoms with E-state index in [1.54, 1.807) is 0 Å². The first-order valence-electron chi connectivity index (χ1n) is 6.94. The average molecular weight is 251 g/mol. The van der Waals surface area contributed by atoms with Crippen molar-refractivity contribution in [2.24, 2.45) is 23.5 Å². The number of amides is 2. The second kappa shape index (κ2) is 4.53. The van der Waals surface area contributed by atoms with Crippen LogP contribution in [0.5, 0.6) is 0 Å². The number of likely N-dealkylation sites (tertiary alicyclic amines) is 1. The molecule has 0 radical (unpaired) electrons. The van der Waals surface area contributed by atoms with Gasteiger partial charge in [0.15, 0.2) is 0 Å². The fraction of sp³-hybridized carbons (Fsp3) is 0.846. The van der Waals surface area contributed by atoms with Gasteiger partial charge in [0, 0.05) is 32.1 Å². The largest absolute Gasteiger partial charge is 0.355 e. The molecule has 0 aromatic heterocycles. The summed E-state index contributed by atoms with van der Waals surface area (Å²) in [7, 11) is 0. The van der Waals surface area contributed by atoms with Crippen LogP contribution in [0.1, 0.15) is 25.7 Å². The van der Waals surface area contributed by atoms with E-state index >= 15 is 0 Å². The van der Waals surface area contributed by atoms with E-state index in [9.17, 15) is 9.59 Å². The van der Waals surface area contributed by atoms with Crippen molar-refractivity contribution in [3.63, 3.8) is 0 Å². The van der Waals surface area contributed by atoms with E-state index < -0.39 is 0 Å². The van der Waals surface area contributed by atoms with Crippen molar-refractivity contribution in [3.05, 3.63) is 0 Å². The number of fused-ring (bicyclic) bond motifs is 1. The van der Waals surface area contributed by atoms with Crippen molar-refractivity contribution in [1.82, 2.24) is 10.2 Å². The van der Waals surface area contributed by atoms with Crippen molar-refractivity contribution < 1.29 is 9.59 Å². The summed E-state index contributed by atoms with van der Waals surface area (Å²) in [6, 6.07) is 0.316. The van der Waals surface area contributed by atoms with Crippen LogP contribution in [-0.2, 0) is 9.59 Å². The monoisotopic (exact) mass is 251 g/mol. The molecule has 3 rings (SSSR count). The van der Waals surface area contributed by atoms with E-state index in [2.05, 4.69) is 5.32 Å². The number of hydrogen-bond acceptors (Lipinski definition) is 3. The first-order valence-corrected chi connectivity index (χ1v) is 6.94. The third-order valence-electron chi connectivity index (χ3n) is 4.73. The maximum Gasteiger partial charge on any atom is 0.228 e. The molecule has 1 saturated carbocycles. The van der Waals surface area contributed by atoms with Crippen LogP contribution >= 0.6 is 0 Å². The molecule has 0 aromatic rings. The molecule has 0 aromatic carbocycles. The molecule has 5 heteroatoms. The SMILES string of the molecule is NC1CC[C@@H]2CN(C(=O)C3CNC(=O)C3)C[C@@H]2C1. The Bertz CT molecular complexity index is 371. The number of nitrogens with one attached hydrogen (secondary N) is 1. The molecule has 3 fully saturated rings. The summed E-state index contributed by atoms with van der Waals surface area (Å²) in [6.45, 7) is 2.24. The molecule has 100 valence electrons. The van der Waals surface area contributed by atoms with E-state index in [1.807, 2.05) is 4.90 Å². The molecule has 3 aliphatic rings. The topological polar surface area (TPSA) is 75.4 Å². The lowest BCUT2D eigenvalue weighted by Gasteiger charge is -2.27. The van der Waals surface area contributed by atoms with Gasteiger partial charge in [-0.3, -0.25) is 9.59 Å². The lowest BCUT2D eigenvalue weighted by Crippen LogP contribution is -2.35. The van der Waals surface area contributed by atoms with E-state index in [1.165, 1.54) is 0 Å². The minimum atomic E-state index is -0.133. The van der Waals surface area contributed by atoms with E-state index in [4.69, 9.17) is 5.73 Å². The summed E-state index contributed by atoms with van der Waals surface area (Å²) in [5.41, 5.74) is 5.99. The van der Waals surface area contributed by atoms with Gasteiger partial charge in [0.25, 0.3) is 0 Å². The van der Waals surface area contributed by atoms with Gasteiger partial charge in [-0.05, 0) is 31.1 Å². The summed E-state index contributed by atoms with van der Waals surface area (Å²) >= 11 is 0. The predicted octanol–water partition coefficient (Wildman–Crippen LogP) is -0.292. The van der Waals surface area contributed by atoms with Gasteiger partial charge in [0.1, 0.15) is 0 Å². The second-order valence-corrected chi connectivity index (χ2v) is 6.04. The molecule has 2 amide bonds. The Morgan fingerprint density at radius 3 is 2.78 bits per heavy atom. The van der Waals surface area contributed by atoms with Crippen LogP contribution in [0, 0.1) is 17.8 Å². The highest BCUT2D eigenvalue weighted by Crippen LogP contribution is 2.36. The molecule has 2 heterocycles. The molecule has 0 spiro atoms. The van der Waals surface area contributed by atoms with Crippen LogP contribution in [0.3, 0.4) is 0 Å². The molecule has 2 unspecified atom stereocenters. The fourth-order valence-corrected chi connectivity index (χ4v) is 3.69. The van der Waals surface area contributed by atoms with E-state index in [0.29, 0.717) is 30.8 Å². The van der Waals surface area contributed by atoms with Gasteiger partial charge in [-0.15, -0.1) is 0 Å². The third kappa shape index (κ3) is 2.11. The molecular formula is C13H21N3O2. The number of carbonyl (C=O) groups excluding carboxylic acids is 2. The van der Waals surface area contributed by atoms with Crippen LogP contribution in [0.2, 0.25) is 0 Å². The lowest BCUT2D eigenvalue weighted by atomic mass is 9.79. The molecule has 1 aliphatic carbocycles. The zero-order valence-corrected chi connectivity index (χ0v) is 10.6. The van der Waals surface area contributed by atoms with Crippen LogP contribution in [-0.4, -0.2) is 42.4 Å². The number of hydrogen-bond donors (Lipinski definition) is 2. The van der Waals surface area contributed by atoms with Gasteiger partial charge in [-0.2, -0.15) is 0 Å². The highest BCUT2D eigenvalue weighted by atomic mass is 16.2. The standard InChI is InChI=1S/C13H21N3O2/c14-11-2-1-8-6-16(7-10(8)3-11)13(18)9-4-12(17)15-5-9/h8-11H,1-7,14H2,(H,15,17)/t8-,9?,10+,11?/m1/s1. The molecular weight excluding hydrogens is 230 g/mol. The Balaban J connectivity index is 1.61. The van der Waals surface area contributed by atoms with Crippen molar-refractivity contribution in [2.75, 3.05) is 19.6 Å². The molecule has 2 aliphatic heterocycles. The Morgan fingerprint density at radius 2 is 2.06 bits per heavy atom. The second-order valence-electron chi connectivity index (χ2n) is 6.04. The van der Waals surface area contributed by atoms with Gasteiger partial charge in [-0.25, -0.2) is 0 Å². The van der Waals surface area contributed by atoms with Gasteiger partial charge >= 0.3 is 0 Å². The summed E-state index contributed by atoms with van der Waals surface area (Å²) in [6.07, 6.45) is 3.66. The minimum Gasteiger partial charge on any atom is -0.355 e. The Morgan fingerprint density at radius 1 is 1.28 bits per heavy atom. The Hall–Kier alpha value is -1.10. The maximum atomic E-state index is 12.3. The van der Waals surface area contributed by atoms with Gasteiger partial charge in [0.05, 0.1) is 5.92 Å². The first kappa shape index (κ1) is 12.0. The molecule has 18 heavy (non-hydrogen) atoms. The van der Waals surface area contributed by atoms with Crippen LogP contribution < -0.4 is 11.1 Å². The zero-order valence-electron chi connectivity index (χ0n) is 10.6. The van der Waals surface area contributed by atoms with Crippen LogP contribution in [0.25, 0.3) is 0 Å². The number of carbonyl (C=O) groups is 2. The van der Waals surface area contributed by atoms with Gasteiger partial charge < -0.3 is 16.0 Å². The Kier molecular flexibility index (Phi) is 3.01. The molecule has 4 atom stereocenters. The molecule has 3 N–H and O–H groups in total. The quantitative estimate of drug-likeness (QED) is 0.672. The number of nitrogens with zero attached hydrogens (tertiary/aromatic N) is 1. The predicted molar refractivity (Wildman–Crippen MR) is 66.5 cm³/mol. The normalized spacial score (nSPS) is 39.6. The third-order valence-corrected chi connectivity index (χ3v) is 4.73. The van der Waals surface area contributed by atoms with E-state index in [0.717, 1.165) is 32.4 Å². The minimum absolute atomic E-state index is 0.00647. The van der Waals surface area contributed by atoms with Crippen molar-refractivity contribution >= 4 is 11.8 Å². The van der Waals surface area contributed by atoms with Gasteiger partial charge in [0.2, 0.25) is 11.8 Å². The zero-order chi connectivity index (χ0) is 12.7.